The van der Waals surface area contributed by atoms with Crippen LogP contribution < -0.4 is 11.1 Å². The van der Waals surface area contributed by atoms with E-state index in [1.807, 2.05) is 0 Å². The van der Waals surface area contributed by atoms with Crippen molar-refractivity contribution in [3.05, 3.63) is 27.7 Å². The summed E-state index contributed by atoms with van der Waals surface area (Å²) in [5.41, 5.74) is 6.48. The molecule has 0 bridgehead atoms. The van der Waals surface area contributed by atoms with Crippen molar-refractivity contribution >= 4 is 40.8 Å². The average Bonchev–Trinajstić information content (AvgIpc) is 2.35. The molecule has 0 fully saturated rings. The molecule has 1 amide bonds. The van der Waals surface area contributed by atoms with Gasteiger partial charge in [0.15, 0.2) is 0 Å². The summed E-state index contributed by atoms with van der Waals surface area (Å²) in [7, 11) is 1.28. The molecule has 2 atom stereocenters. The first kappa shape index (κ1) is 14.0. The number of fused-ring (bicyclic) bond motifs is 1. The van der Waals surface area contributed by atoms with Crippen LogP contribution in [0.2, 0.25) is 10.0 Å². The highest BCUT2D eigenvalue weighted by Crippen LogP contribution is 2.40. The Morgan fingerprint density at radius 3 is 2.68 bits per heavy atom. The molecule has 0 aliphatic carbocycles. The van der Waals surface area contributed by atoms with Gasteiger partial charge in [-0.2, -0.15) is 0 Å². The summed E-state index contributed by atoms with van der Waals surface area (Å²) in [4.78, 5) is 23.2. The molecule has 0 saturated carbocycles. The molecule has 1 aliphatic heterocycles. The third-order valence-electron chi connectivity index (χ3n) is 3.07. The van der Waals surface area contributed by atoms with Crippen molar-refractivity contribution < 1.29 is 14.3 Å². The van der Waals surface area contributed by atoms with Gasteiger partial charge in [0.25, 0.3) is 0 Å². The second-order valence-corrected chi connectivity index (χ2v) is 5.10. The lowest BCUT2D eigenvalue weighted by atomic mass is 9.86. The molecule has 0 aromatic heterocycles. The van der Waals surface area contributed by atoms with Crippen LogP contribution >= 0.6 is 23.2 Å². The topological polar surface area (TPSA) is 81.4 Å². The number of methoxy groups -OCH3 is 1. The second-order valence-electron chi connectivity index (χ2n) is 4.26. The van der Waals surface area contributed by atoms with Gasteiger partial charge in [0.2, 0.25) is 5.91 Å². The van der Waals surface area contributed by atoms with Crippen LogP contribution in [0.4, 0.5) is 5.69 Å². The maximum absolute atomic E-state index is 11.6. The van der Waals surface area contributed by atoms with Crippen LogP contribution in [0.3, 0.4) is 0 Å². The third kappa shape index (κ3) is 2.62. The molecule has 7 heteroatoms. The standard InChI is InChI=1S/C12H12Cl2N2O3/c1-19-12(18)9-4-6(11(15)17)10-7(14)2-5(13)3-8(10)16-9/h2-3,6,9,16H,4H2,1H3,(H2,15,17). The summed E-state index contributed by atoms with van der Waals surface area (Å²) in [6, 6.07) is 2.50. The van der Waals surface area contributed by atoms with E-state index in [9.17, 15) is 9.59 Å². The van der Waals surface area contributed by atoms with E-state index in [1.165, 1.54) is 13.2 Å². The highest BCUT2D eigenvalue weighted by Gasteiger charge is 2.35. The summed E-state index contributed by atoms with van der Waals surface area (Å²) in [6.07, 6.45) is 0.205. The van der Waals surface area contributed by atoms with Crippen LogP contribution in [0.15, 0.2) is 12.1 Å². The van der Waals surface area contributed by atoms with E-state index in [-0.39, 0.29) is 6.42 Å². The number of nitrogens with one attached hydrogen (secondary N) is 1. The molecule has 2 unspecified atom stereocenters. The number of hydrogen-bond acceptors (Lipinski definition) is 4. The highest BCUT2D eigenvalue weighted by molar-refractivity contribution is 6.36. The number of carbonyl (C=O) groups is 2. The summed E-state index contributed by atoms with van der Waals surface area (Å²) < 4.78 is 4.67. The Kier molecular flexibility index (Phi) is 3.87. The van der Waals surface area contributed by atoms with Crippen molar-refractivity contribution in [2.75, 3.05) is 12.4 Å². The van der Waals surface area contributed by atoms with Gasteiger partial charge < -0.3 is 15.8 Å². The summed E-state index contributed by atoms with van der Waals surface area (Å²) in [5.74, 6) is -1.65. The SMILES string of the molecule is COC(=O)C1CC(C(N)=O)c2c(Cl)cc(Cl)cc2N1. The first-order chi connectivity index (χ1) is 8.93. The minimum Gasteiger partial charge on any atom is -0.467 e. The molecule has 102 valence electrons. The number of hydrogen-bond donors (Lipinski definition) is 2. The molecular formula is C12H12Cl2N2O3. The monoisotopic (exact) mass is 302 g/mol. The predicted molar refractivity (Wildman–Crippen MR) is 72.4 cm³/mol. The molecule has 1 aromatic carbocycles. The van der Waals surface area contributed by atoms with Crippen molar-refractivity contribution in [1.29, 1.82) is 0 Å². The lowest BCUT2D eigenvalue weighted by molar-refractivity contribution is -0.141. The Morgan fingerprint density at radius 2 is 2.11 bits per heavy atom. The second kappa shape index (κ2) is 5.27. The van der Waals surface area contributed by atoms with Crippen molar-refractivity contribution in [3.63, 3.8) is 0 Å². The molecular weight excluding hydrogens is 291 g/mol. The molecule has 0 spiro atoms. The first-order valence-electron chi connectivity index (χ1n) is 5.56. The van der Waals surface area contributed by atoms with Crippen LogP contribution in [0.25, 0.3) is 0 Å². The van der Waals surface area contributed by atoms with Gasteiger partial charge in [-0.1, -0.05) is 23.2 Å². The van der Waals surface area contributed by atoms with Crippen molar-refractivity contribution in [3.8, 4) is 0 Å². The van der Waals surface area contributed by atoms with Crippen molar-refractivity contribution in [1.82, 2.24) is 0 Å². The highest BCUT2D eigenvalue weighted by atomic mass is 35.5. The molecule has 2 rings (SSSR count). The molecule has 0 radical (unpaired) electrons. The van der Waals surface area contributed by atoms with Gasteiger partial charge in [0.1, 0.15) is 6.04 Å². The van der Waals surface area contributed by atoms with Crippen LogP contribution in [0.1, 0.15) is 17.9 Å². The fourth-order valence-corrected chi connectivity index (χ4v) is 2.84. The van der Waals surface area contributed by atoms with E-state index in [4.69, 9.17) is 28.9 Å². The Bertz CT molecular complexity index is 548. The molecule has 1 aromatic rings. The number of ether oxygens (including phenoxy) is 1. The fourth-order valence-electron chi connectivity index (χ4n) is 2.21. The summed E-state index contributed by atoms with van der Waals surface area (Å²) in [6.45, 7) is 0. The van der Waals surface area contributed by atoms with E-state index in [2.05, 4.69) is 10.1 Å². The smallest absolute Gasteiger partial charge is 0.328 e. The number of anilines is 1. The van der Waals surface area contributed by atoms with Crippen LogP contribution in [0, 0.1) is 0 Å². The number of rotatable bonds is 2. The molecule has 1 aliphatic rings. The lowest BCUT2D eigenvalue weighted by Gasteiger charge is -2.31. The van der Waals surface area contributed by atoms with Gasteiger partial charge in [-0.3, -0.25) is 4.79 Å². The van der Waals surface area contributed by atoms with Crippen LogP contribution in [0.5, 0.6) is 0 Å². The average molecular weight is 303 g/mol. The zero-order valence-corrected chi connectivity index (χ0v) is 11.6. The summed E-state index contributed by atoms with van der Waals surface area (Å²) >= 11 is 12.0. The van der Waals surface area contributed by atoms with E-state index >= 15 is 0 Å². The number of halogens is 2. The Hall–Kier alpha value is -1.46. The summed E-state index contributed by atoms with van der Waals surface area (Å²) in [5, 5.41) is 3.72. The zero-order valence-electron chi connectivity index (χ0n) is 10.1. The van der Waals surface area contributed by atoms with E-state index < -0.39 is 23.8 Å². The van der Waals surface area contributed by atoms with E-state index in [1.54, 1.807) is 6.07 Å². The minimum absolute atomic E-state index is 0.205. The Labute approximate surface area is 120 Å². The molecule has 1 heterocycles. The first-order valence-corrected chi connectivity index (χ1v) is 6.32. The normalized spacial score (nSPS) is 21.2. The number of esters is 1. The zero-order chi connectivity index (χ0) is 14.2. The molecule has 3 N–H and O–H groups in total. The van der Waals surface area contributed by atoms with Gasteiger partial charge in [0.05, 0.1) is 13.0 Å². The number of carbonyl (C=O) groups excluding carboxylic acids is 2. The van der Waals surface area contributed by atoms with Gasteiger partial charge in [-0.05, 0) is 18.6 Å². The largest absolute Gasteiger partial charge is 0.467 e. The van der Waals surface area contributed by atoms with Crippen molar-refractivity contribution in [2.24, 2.45) is 5.73 Å². The number of nitrogens with two attached hydrogens (primary N) is 1. The molecule has 0 saturated heterocycles. The fraction of sp³-hybridized carbons (Fsp3) is 0.333. The van der Waals surface area contributed by atoms with Crippen LogP contribution in [-0.4, -0.2) is 25.0 Å². The number of amides is 1. The third-order valence-corrected chi connectivity index (χ3v) is 3.60. The number of benzene rings is 1. The lowest BCUT2D eigenvalue weighted by Crippen LogP contribution is -2.39. The quantitative estimate of drug-likeness (QED) is 0.818. The predicted octanol–water partition coefficient (Wildman–Crippen LogP) is 1.92. The van der Waals surface area contributed by atoms with Gasteiger partial charge in [0, 0.05) is 21.3 Å². The minimum atomic E-state index is -0.649. The van der Waals surface area contributed by atoms with Crippen LogP contribution in [-0.2, 0) is 14.3 Å². The Balaban J connectivity index is 2.49. The van der Waals surface area contributed by atoms with E-state index in [0.29, 0.717) is 21.3 Å². The van der Waals surface area contributed by atoms with Gasteiger partial charge in [-0.25, -0.2) is 4.79 Å². The van der Waals surface area contributed by atoms with Gasteiger partial charge >= 0.3 is 5.97 Å². The number of primary amides is 1. The van der Waals surface area contributed by atoms with E-state index in [0.717, 1.165) is 0 Å². The molecule has 5 nitrogen and oxygen atoms in total. The van der Waals surface area contributed by atoms with Crippen molar-refractivity contribution in [2.45, 2.75) is 18.4 Å². The van der Waals surface area contributed by atoms with Gasteiger partial charge in [-0.15, -0.1) is 0 Å². The molecule has 19 heavy (non-hydrogen) atoms. The maximum Gasteiger partial charge on any atom is 0.328 e. The maximum atomic E-state index is 11.6. The Morgan fingerprint density at radius 1 is 1.42 bits per heavy atom.